The van der Waals surface area contributed by atoms with Gasteiger partial charge in [-0.15, -0.1) is 0 Å². The van der Waals surface area contributed by atoms with Crippen molar-refractivity contribution in [1.82, 2.24) is 5.32 Å². The summed E-state index contributed by atoms with van der Waals surface area (Å²) in [5.41, 5.74) is 1.18. The average Bonchev–Trinajstić information content (AvgIpc) is 2.73. The Morgan fingerprint density at radius 3 is 2.95 bits per heavy atom. The number of nitrogens with one attached hydrogen (secondary N) is 1. The predicted molar refractivity (Wildman–Crippen MR) is 71.5 cm³/mol. The fourth-order valence-corrected chi connectivity index (χ4v) is 1.98. The molecule has 1 heterocycles. The summed E-state index contributed by atoms with van der Waals surface area (Å²) in [7, 11) is 1.58. The Morgan fingerprint density at radius 1 is 1.47 bits per heavy atom. The molecule has 2 rings (SSSR count). The molecule has 2 N–H and O–H groups in total. The third-order valence-corrected chi connectivity index (χ3v) is 2.92. The van der Waals surface area contributed by atoms with Crippen molar-refractivity contribution in [3.8, 4) is 5.75 Å². The number of aliphatic hydroxyl groups excluding tert-OH is 1. The lowest BCUT2D eigenvalue weighted by molar-refractivity contribution is 0.0951. The molecule has 0 atom stereocenters. The molecular formula is C14H17NO4. The topological polar surface area (TPSA) is 71.7 Å². The van der Waals surface area contributed by atoms with Gasteiger partial charge in [0.25, 0.3) is 5.91 Å². The van der Waals surface area contributed by atoms with Gasteiger partial charge in [-0.3, -0.25) is 4.79 Å². The van der Waals surface area contributed by atoms with Crippen molar-refractivity contribution >= 4 is 16.9 Å². The summed E-state index contributed by atoms with van der Waals surface area (Å²) >= 11 is 0. The molecule has 0 aliphatic rings. The molecule has 1 aromatic carbocycles. The van der Waals surface area contributed by atoms with Crippen LogP contribution in [-0.2, 0) is 0 Å². The van der Waals surface area contributed by atoms with Crippen LogP contribution >= 0.6 is 0 Å². The summed E-state index contributed by atoms with van der Waals surface area (Å²) < 4.78 is 10.7. The fraction of sp³-hybridized carbons (Fsp3) is 0.357. The number of rotatable bonds is 5. The smallest absolute Gasteiger partial charge is 0.255 e. The number of aliphatic hydroxyl groups is 1. The van der Waals surface area contributed by atoms with Crippen molar-refractivity contribution in [3.63, 3.8) is 0 Å². The van der Waals surface area contributed by atoms with E-state index in [0.717, 1.165) is 5.39 Å². The standard InChI is InChI=1S/C14H17NO4/c1-9-13(14(17)15-6-3-7-16)11-8-10(18-2)4-5-12(11)19-9/h4-5,8,16H,3,6-7H2,1-2H3,(H,15,17). The molecule has 1 amide bonds. The molecule has 0 saturated carbocycles. The number of carbonyl (C=O) groups excluding carboxylic acids is 1. The van der Waals surface area contributed by atoms with Crippen molar-refractivity contribution < 1.29 is 19.1 Å². The molecule has 5 heteroatoms. The second-order valence-corrected chi connectivity index (χ2v) is 4.23. The van der Waals surface area contributed by atoms with Gasteiger partial charge in [0.2, 0.25) is 0 Å². The molecule has 5 nitrogen and oxygen atoms in total. The lowest BCUT2D eigenvalue weighted by Gasteiger charge is -2.04. The first-order chi connectivity index (χ1) is 9.17. The molecule has 0 spiro atoms. The fourth-order valence-electron chi connectivity index (χ4n) is 1.98. The van der Waals surface area contributed by atoms with Crippen molar-refractivity contribution in [2.45, 2.75) is 13.3 Å². The summed E-state index contributed by atoms with van der Waals surface area (Å²) in [6, 6.07) is 5.36. The van der Waals surface area contributed by atoms with Gasteiger partial charge in [-0.1, -0.05) is 0 Å². The van der Waals surface area contributed by atoms with E-state index in [9.17, 15) is 4.79 Å². The lowest BCUT2D eigenvalue weighted by atomic mass is 10.1. The van der Waals surface area contributed by atoms with Crippen molar-refractivity contribution in [2.75, 3.05) is 20.3 Å². The van der Waals surface area contributed by atoms with E-state index >= 15 is 0 Å². The molecule has 102 valence electrons. The molecule has 0 fully saturated rings. The van der Waals surface area contributed by atoms with E-state index in [-0.39, 0.29) is 12.5 Å². The third-order valence-electron chi connectivity index (χ3n) is 2.92. The normalized spacial score (nSPS) is 10.7. The number of aryl methyl sites for hydroxylation is 1. The molecule has 0 radical (unpaired) electrons. The Balaban J connectivity index is 2.35. The molecule has 0 aliphatic carbocycles. The first kappa shape index (κ1) is 13.4. The van der Waals surface area contributed by atoms with E-state index in [1.165, 1.54) is 0 Å². The Morgan fingerprint density at radius 2 is 2.26 bits per heavy atom. The van der Waals surface area contributed by atoms with Crippen molar-refractivity contribution in [2.24, 2.45) is 0 Å². The summed E-state index contributed by atoms with van der Waals surface area (Å²) in [6.45, 7) is 2.25. The van der Waals surface area contributed by atoms with Gasteiger partial charge in [0.05, 0.1) is 12.7 Å². The van der Waals surface area contributed by atoms with Gasteiger partial charge in [-0.05, 0) is 31.5 Å². The molecule has 0 aliphatic heterocycles. The number of hydrogen-bond donors (Lipinski definition) is 2. The van der Waals surface area contributed by atoms with Gasteiger partial charge in [0, 0.05) is 18.5 Å². The zero-order chi connectivity index (χ0) is 13.8. The number of hydrogen-bond acceptors (Lipinski definition) is 4. The minimum absolute atomic E-state index is 0.0548. The highest BCUT2D eigenvalue weighted by Gasteiger charge is 2.18. The van der Waals surface area contributed by atoms with Gasteiger partial charge in [0.15, 0.2) is 0 Å². The number of fused-ring (bicyclic) bond motifs is 1. The molecular weight excluding hydrogens is 246 g/mol. The number of carbonyl (C=O) groups is 1. The molecule has 0 unspecified atom stereocenters. The number of methoxy groups -OCH3 is 1. The average molecular weight is 263 g/mol. The first-order valence-electron chi connectivity index (χ1n) is 6.13. The van der Waals surface area contributed by atoms with Crippen LogP contribution in [0.25, 0.3) is 11.0 Å². The number of furan rings is 1. The maximum Gasteiger partial charge on any atom is 0.255 e. The largest absolute Gasteiger partial charge is 0.497 e. The minimum atomic E-state index is -0.196. The Labute approximate surface area is 111 Å². The predicted octanol–water partition coefficient (Wildman–Crippen LogP) is 1.86. The molecule has 0 saturated heterocycles. The SMILES string of the molecule is COc1ccc2oc(C)c(C(=O)NCCCO)c2c1. The van der Waals surface area contributed by atoms with Crippen molar-refractivity contribution in [1.29, 1.82) is 0 Å². The maximum absolute atomic E-state index is 12.1. The third kappa shape index (κ3) is 2.71. The summed E-state index contributed by atoms with van der Waals surface area (Å²) in [4.78, 5) is 12.1. The Kier molecular flexibility index (Phi) is 4.06. The van der Waals surface area contributed by atoms with E-state index in [2.05, 4.69) is 5.32 Å². The summed E-state index contributed by atoms with van der Waals surface area (Å²) in [5, 5.41) is 12.2. The zero-order valence-corrected chi connectivity index (χ0v) is 11.0. The monoisotopic (exact) mass is 263 g/mol. The number of amides is 1. The Bertz CT molecular complexity index is 588. The second-order valence-electron chi connectivity index (χ2n) is 4.23. The van der Waals surface area contributed by atoms with Crippen LogP contribution in [0.2, 0.25) is 0 Å². The minimum Gasteiger partial charge on any atom is -0.497 e. The number of ether oxygens (including phenoxy) is 1. The summed E-state index contributed by atoms with van der Waals surface area (Å²) in [5.74, 6) is 1.06. The molecule has 0 bridgehead atoms. The second kappa shape index (κ2) is 5.75. The van der Waals surface area contributed by atoms with E-state index in [1.54, 1.807) is 32.2 Å². The van der Waals surface area contributed by atoms with Gasteiger partial charge in [-0.25, -0.2) is 0 Å². The highest BCUT2D eigenvalue weighted by molar-refractivity contribution is 6.07. The van der Waals surface area contributed by atoms with Crippen LogP contribution in [0.1, 0.15) is 22.5 Å². The van der Waals surface area contributed by atoms with Gasteiger partial charge in [-0.2, -0.15) is 0 Å². The molecule has 19 heavy (non-hydrogen) atoms. The molecule has 1 aromatic heterocycles. The van der Waals surface area contributed by atoms with Gasteiger partial charge < -0.3 is 19.6 Å². The van der Waals surface area contributed by atoms with E-state index in [0.29, 0.717) is 35.6 Å². The van der Waals surface area contributed by atoms with Gasteiger partial charge >= 0.3 is 0 Å². The van der Waals surface area contributed by atoms with Crippen LogP contribution in [0.5, 0.6) is 5.75 Å². The highest BCUT2D eigenvalue weighted by Crippen LogP contribution is 2.28. The number of benzene rings is 1. The first-order valence-corrected chi connectivity index (χ1v) is 6.13. The van der Waals surface area contributed by atoms with Crippen molar-refractivity contribution in [3.05, 3.63) is 29.5 Å². The summed E-state index contributed by atoms with van der Waals surface area (Å²) in [6.07, 6.45) is 0.532. The highest BCUT2D eigenvalue weighted by atomic mass is 16.5. The van der Waals surface area contributed by atoms with E-state index in [1.807, 2.05) is 0 Å². The van der Waals surface area contributed by atoms with E-state index in [4.69, 9.17) is 14.3 Å². The Hall–Kier alpha value is -2.01. The maximum atomic E-state index is 12.1. The van der Waals surface area contributed by atoms with Crippen LogP contribution in [0.15, 0.2) is 22.6 Å². The van der Waals surface area contributed by atoms with Crippen LogP contribution in [0.4, 0.5) is 0 Å². The molecule has 2 aromatic rings. The lowest BCUT2D eigenvalue weighted by Crippen LogP contribution is -2.25. The van der Waals surface area contributed by atoms with Crippen LogP contribution in [0, 0.1) is 6.92 Å². The van der Waals surface area contributed by atoms with Crippen LogP contribution < -0.4 is 10.1 Å². The van der Waals surface area contributed by atoms with Crippen LogP contribution in [-0.4, -0.2) is 31.3 Å². The zero-order valence-electron chi connectivity index (χ0n) is 11.0. The van der Waals surface area contributed by atoms with E-state index < -0.39 is 0 Å². The van der Waals surface area contributed by atoms with Crippen LogP contribution in [0.3, 0.4) is 0 Å². The quantitative estimate of drug-likeness (QED) is 0.808. The van der Waals surface area contributed by atoms with Gasteiger partial charge in [0.1, 0.15) is 17.1 Å².